The molecule has 1 N–H and O–H groups in total. The minimum atomic E-state index is -0.207. The van der Waals surface area contributed by atoms with Gasteiger partial charge in [0.2, 0.25) is 5.91 Å². The molecular weight excluding hydrogens is 376 g/mol. The number of carbonyl (C=O) groups is 1. The number of aryl methyl sites for hydroxylation is 1. The second-order valence-electron chi connectivity index (χ2n) is 5.21. The molecule has 0 bridgehead atoms. The number of amides is 1. The van der Waals surface area contributed by atoms with Gasteiger partial charge in [-0.3, -0.25) is 4.79 Å². The van der Waals surface area contributed by atoms with Crippen molar-refractivity contribution in [1.29, 1.82) is 0 Å². The van der Waals surface area contributed by atoms with Gasteiger partial charge in [-0.15, -0.1) is 10.2 Å². The normalized spacial score (nSPS) is 10.5. The first-order chi connectivity index (χ1) is 12.6. The molecule has 0 unspecified atom stereocenters. The molecule has 134 valence electrons. The quantitative estimate of drug-likeness (QED) is 0.614. The van der Waals surface area contributed by atoms with Crippen LogP contribution in [0.1, 0.15) is 11.5 Å². The lowest BCUT2D eigenvalue weighted by Crippen LogP contribution is -2.14. The smallest absolute Gasteiger partial charge is 0.277 e. The van der Waals surface area contributed by atoms with Crippen LogP contribution in [0.15, 0.2) is 52.2 Å². The Morgan fingerprint density at radius 1 is 1.31 bits per heavy atom. The summed E-state index contributed by atoms with van der Waals surface area (Å²) in [7, 11) is 0. The van der Waals surface area contributed by atoms with Crippen molar-refractivity contribution in [2.45, 2.75) is 18.8 Å². The Kier molecular flexibility index (Phi) is 6.08. The SMILES string of the molecule is Cc1cc(Cl)ccc1OCc1nnc(SCC(=O)Nc2ccccn2)o1. The predicted molar refractivity (Wildman–Crippen MR) is 98.4 cm³/mol. The molecule has 0 radical (unpaired) electrons. The van der Waals surface area contributed by atoms with Gasteiger partial charge in [-0.2, -0.15) is 0 Å². The van der Waals surface area contributed by atoms with Gasteiger partial charge < -0.3 is 14.5 Å². The fourth-order valence-electron chi connectivity index (χ4n) is 2.01. The molecule has 2 aromatic heterocycles. The number of aromatic nitrogens is 3. The molecule has 0 saturated heterocycles. The standard InChI is InChI=1S/C17H15ClN4O3S/c1-11-8-12(18)5-6-13(11)24-9-16-21-22-17(25-16)26-10-15(23)20-14-4-2-3-7-19-14/h2-8H,9-10H2,1H3,(H,19,20,23). The molecule has 2 heterocycles. The number of benzene rings is 1. The van der Waals surface area contributed by atoms with Gasteiger partial charge in [-0.25, -0.2) is 4.98 Å². The minimum absolute atomic E-state index is 0.134. The van der Waals surface area contributed by atoms with Crippen molar-refractivity contribution in [2.75, 3.05) is 11.1 Å². The van der Waals surface area contributed by atoms with Crippen molar-refractivity contribution in [3.63, 3.8) is 0 Å². The molecule has 0 saturated carbocycles. The maximum Gasteiger partial charge on any atom is 0.277 e. The number of anilines is 1. The summed E-state index contributed by atoms with van der Waals surface area (Å²) in [5.41, 5.74) is 0.915. The number of nitrogens with one attached hydrogen (secondary N) is 1. The first kappa shape index (κ1) is 18.2. The van der Waals surface area contributed by atoms with Gasteiger partial charge in [0.05, 0.1) is 5.75 Å². The molecule has 3 aromatic rings. The average molecular weight is 391 g/mol. The van der Waals surface area contributed by atoms with Crippen LogP contribution < -0.4 is 10.1 Å². The number of ether oxygens (including phenoxy) is 1. The minimum Gasteiger partial charge on any atom is -0.484 e. The van der Waals surface area contributed by atoms with Crippen LogP contribution in [0.5, 0.6) is 5.75 Å². The highest BCUT2D eigenvalue weighted by atomic mass is 35.5. The van der Waals surface area contributed by atoms with E-state index in [0.717, 1.165) is 17.3 Å². The number of carbonyl (C=O) groups excluding carboxylic acids is 1. The van der Waals surface area contributed by atoms with Crippen LogP contribution >= 0.6 is 23.4 Å². The van der Waals surface area contributed by atoms with E-state index in [0.29, 0.717) is 27.7 Å². The molecule has 1 aromatic carbocycles. The van der Waals surface area contributed by atoms with Crippen LogP contribution in [0.2, 0.25) is 5.02 Å². The Morgan fingerprint density at radius 3 is 2.96 bits per heavy atom. The summed E-state index contributed by atoms with van der Waals surface area (Å²) in [4.78, 5) is 15.9. The van der Waals surface area contributed by atoms with E-state index in [-0.39, 0.29) is 18.3 Å². The molecule has 0 spiro atoms. The van der Waals surface area contributed by atoms with E-state index in [1.807, 2.05) is 13.0 Å². The third kappa shape index (κ3) is 5.21. The van der Waals surface area contributed by atoms with E-state index in [4.69, 9.17) is 20.8 Å². The van der Waals surface area contributed by atoms with Gasteiger partial charge in [0, 0.05) is 11.2 Å². The highest BCUT2D eigenvalue weighted by Gasteiger charge is 2.11. The second-order valence-corrected chi connectivity index (χ2v) is 6.58. The van der Waals surface area contributed by atoms with Gasteiger partial charge in [0.1, 0.15) is 11.6 Å². The van der Waals surface area contributed by atoms with E-state index in [1.54, 1.807) is 36.5 Å². The molecule has 0 atom stereocenters. The third-order valence-corrected chi connectivity index (χ3v) is 4.25. The van der Waals surface area contributed by atoms with Gasteiger partial charge in [0.15, 0.2) is 6.61 Å². The first-order valence-electron chi connectivity index (χ1n) is 7.65. The summed E-state index contributed by atoms with van der Waals surface area (Å²) in [6, 6.07) is 10.6. The lowest BCUT2D eigenvalue weighted by molar-refractivity contribution is -0.113. The van der Waals surface area contributed by atoms with E-state index in [9.17, 15) is 4.79 Å². The van der Waals surface area contributed by atoms with Gasteiger partial charge in [-0.05, 0) is 42.8 Å². The number of pyridine rings is 1. The van der Waals surface area contributed by atoms with Crippen molar-refractivity contribution in [3.05, 3.63) is 59.1 Å². The fraction of sp³-hybridized carbons (Fsp3) is 0.176. The van der Waals surface area contributed by atoms with Crippen molar-refractivity contribution < 1.29 is 13.9 Å². The predicted octanol–water partition coefficient (Wildman–Crippen LogP) is 3.74. The van der Waals surface area contributed by atoms with Crippen LogP contribution in [0.25, 0.3) is 0 Å². The Hall–Kier alpha value is -2.58. The van der Waals surface area contributed by atoms with Crippen LogP contribution in [0.3, 0.4) is 0 Å². The zero-order valence-electron chi connectivity index (χ0n) is 13.8. The maximum atomic E-state index is 11.9. The molecule has 26 heavy (non-hydrogen) atoms. The number of thioether (sulfide) groups is 1. The molecule has 9 heteroatoms. The van der Waals surface area contributed by atoms with Crippen molar-refractivity contribution in [3.8, 4) is 5.75 Å². The molecule has 1 amide bonds. The lowest BCUT2D eigenvalue weighted by Gasteiger charge is -2.06. The van der Waals surface area contributed by atoms with Crippen molar-refractivity contribution in [1.82, 2.24) is 15.2 Å². The summed E-state index contributed by atoms with van der Waals surface area (Å²) < 4.78 is 11.1. The lowest BCUT2D eigenvalue weighted by atomic mass is 10.2. The van der Waals surface area contributed by atoms with Crippen LogP contribution in [-0.4, -0.2) is 26.8 Å². The zero-order chi connectivity index (χ0) is 18.4. The van der Waals surface area contributed by atoms with E-state index >= 15 is 0 Å². The van der Waals surface area contributed by atoms with Crippen LogP contribution in [-0.2, 0) is 11.4 Å². The van der Waals surface area contributed by atoms with E-state index < -0.39 is 0 Å². The van der Waals surface area contributed by atoms with Crippen LogP contribution in [0, 0.1) is 6.92 Å². The first-order valence-corrected chi connectivity index (χ1v) is 9.01. The molecular formula is C17H15ClN4O3S. The summed E-state index contributed by atoms with van der Waals surface area (Å²) in [6.07, 6.45) is 1.61. The highest BCUT2D eigenvalue weighted by molar-refractivity contribution is 7.99. The molecule has 0 fully saturated rings. The van der Waals surface area contributed by atoms with Crippen molar-refractivity contribution in [2.24, 2.45) is 0 Å². The number of nitrogens with zero attached hydrogens (tertiary/aromatic N) is 3. The number of halogens is 1. The number of hydrogen-bond acceptors (Lipinski definition) is 7. The highest BCUT2D eigenvalue weighted by Crippen LogP contribution is 2.23. The maximum absolute atomic E-state index is 11.9. The summed E-state index contributed by atoms with van der Waals surface area (Å²) in [5.74, 6) is 1.44. The summed E-state index contributed by atoms with van der Waals surface area (Å²) in [5, 5.41) is 11.4. The number of hydrogen-bond donors (Lipinski definition) is 1. The zero-order valence-corrected chi connectivity index (χ0v) is 15.4. The summed E-state index contributed by atoms with van der Waals surface area (Å²) >= 11 is 7.06. The van der Waals surface area contributed by atoms with Crippen molar-refractivity contribution >= 4 is 35.1 Å². The molecule has 0 aliphatic rings. The van der Waals surface area contributed by atoms with Gasteiger partial charge in [-0.1, -0.05) is 29.4 Å². The largest absolute Gasteiger partial charge is 0.484 e. The molecule has 0 aliphatic heterocycles. The Morgan fingerprint density at radius 2 is 2.19 bits per heavy atom. The monoisotopic (exact) mass is 390 g/mol. The Balaban J connectivity index is 1.47. The van der Waals surface area contributed by atoms with E-state index in [1.165, 1.54) is 0 Å². The van der Waals surface area contributed by atoms with Crippen LogP contribution in [0.4, 0.5) is 5.82 Å². The number of rotatable bonds is 7. The average Bonchev–Trinajstić information content (AvgIpc) is 3.08. The summed E-state index contributed by atoms with van der Waals surface area (Å²) in [6.45, 7) is 2.03. The molecule has 0 aliphatic carbocycles. The Bertz CT molecular complexity index is 889. The molecule has 3 rings (SSSR count). The van der Waals surface area contributed by atoms with Gasteiger partial charge in [0.25, 0.3) is 11.1 Å². The fourth-order valence-corrected chi connectivity index (χ4v) is 2.82. The third-order valence-electron chi connectivity index (χ3n) is 3.20. The van der Waals surface area contributed by atoms with Gasteiger partial charge >= 0.3 is 0 Å². The van der Waals surface area contributed by atoms with E-state index in [2.05, 4.69) is 20.5 Å². The Labute approximate surface area is 159 Å². The topological polar surface area (TPSA) is 90.1 Å². The second kappa shape index (κ2) is 8.68. The molecule has 7 nitrogen and oxygen atoms in total.